The predicted octanol–water partition coefficient (Wildman–Crippen LogP) is 2.24. The molecule has 0 saturated carbocycles. The van der Waals surface area contributed by atoms with Crippen LogP contribution >= 0.6 is 0 Å². The lowest BCUT2D eigenvalue weighted by atomic mass is 10.2. The van der Waals surface area contributed by atoms with Crippen molar-refractivity contribution >= 4 is 5.69 Å². The van der Waals surface area contributed by atoms with Gasteiger partial charge in [-0.2, -0.15) is 0 Å². The van der Waals surface area contributed by atoms with Gasteiger partial charge in [0.05, 0.1) is 7.11 Å². The number of anilines is 1. The van der Waals surface area contributed by atoms with Crippen LogP contribution in [0.25, 0.3) is 0 Å². The monoisotopic (exact) mass is 225 g/mol. The van der Waals surface area contributed by atoms with Crippen LogP contribution < -0.4 is 10.1 Å². The van der Waals surface area contributed by atoms with Crippen LogP contribution in [0.15, 0.2) is 18.2 Å². The minimum atomic E-state index is 0.145. The van der Waals surface area contributed by atoms with Crippen LogP contribution in [0.2, 0.25) is 0 Å². The molecule has 90 valence electrons. The molecule has 1 aromatic rings. The first kappa shape index (κ1) is 12.6. The summed E-state index contributed by atoms with van der Waals surface area (Å²) in [5.41, 5.74) is 0.877. The largest absolute Gasteiger partial charge is 0.504 e. The van der Waals surface area contributed by atoms with Crippen LogP contribution in [0.5, 0.6) is 11.5 Å². The fourth-order valence-electron chi connectivity index (χ4n) is 1.43. The first-order valence-corrected chi connectivity index (χ1v) is 5.30. The van der Waals surface area contributed by atoms with Crippen LogP contribution in [0.4, 0.5) is 5.69 Å². The molecule has 0 bridgehead atoms. The molecule has 0 aliphatic heterocycles. The molecule has 1 unspecified atom stereocenters. The van der Waals surface area contributed by atoms with Crippen LogP contribution in [0.1, 0.15) is 13.3 Å². The third-order valence-electron chi connectivity index (χ3n) is 2.35. The molecule has 0 fully saturated rings. The Hall–Kier alpha value is -1.42. The van der Waals surface area contributed by atoms with E-state index < -0.39 is 0 Å². The molecule has 0 heterocycles. The summed E-state index contributed by atoms with van der Waals surface area (Å²) in [6.45, 7) is 2.79. The fraction of sp³-hybridized carbons (Fsp3) is 0.500. The molecule has 0 radical (unpaired) electrons. The molecule has 0 spiro atoms. The molecule has 16 heavy (non-hydrogen) atoms. The van der Waals surface area contributed by atoms with Gasteiger partial charge in [-0.1, -0.05) is 0 Å². The van der Waals surface area contributed by atoms with Crippen molar-refractivity contribution in [1.29, 1.82) is 0 Å². The molecule has 0 aliphatic rings. The summed E-state index contributed by atoms with van der Waals surface area (Å²) in [4.78, 5) is 0. The first-order valence-electron chi connectivity index (χ1n) is 5.30. The average molecular weight is 225 g/mol. The smallest absolute Gasteiger partial charge is 0.160 e. The van der Waals surface area contributed by atoms with Gasteiger partial charge in [0, 0.05) is 31.5 Å². The Morgan fingerprint density at radius 1 is 1.38 bits per heavy atom. The minimum Gasteiger partial charge on any atom is -0.504 e. The van der Waals surface area contributed by atoms with Gasteiger partial charge in [0.15, 0.2) is 11.5 Å². The molecule has 1 aromatic carbocycles. The van der Waals surface area contributed by atoms with Crippen LogP contribution in [-0.2, 0) is 4.74 Å². The predicted molar refractivity (Wildman–Crippen MR) is 64.2 cm³/mol. The average Bonchev–Trinajstić information content (AvgIpc) is 2.26. The van der Waals surface area contributed by atoms with Gasteiger partial charge in [0.25, 0.3) is 0 Å². The molecule has 4 heteroatoms. The van der Waals surface area contributed by atoms with Crippen molar-refractivity contribution < 1.29 is 14.6 Å². The Morgan fingerprint density at radius 2 is 2.12 bits per heavy atom. The highest BCUT2D eigenvalue weighted by Gasteiger charge is 2.05. The van der Waals surface area contributed by atoms with Crippen molar-refractivity contribution in [1.82, 2.24) is 0 Å². The summed E-state index contributed by atoms with van der Waals surface area (Å²) >= 11 is 0. The molecule has 0 saturated heterocycles. The van der Waals surface area contributed by atoms with Crippen LogP contribution in [0, 0.1) is 0 Å². The van der Waals surface area contributed by atoms with Crippen molar-refractivity contribution in [3.63, 3.8) is 0 Å². The Labute approximate surface area is 96.2 Å². The van der Waals surface area contributed by atoms with Gasteiger partial charge in [-0.15, -0.1) is 0 Å². The van der Waals surface area contributed by atoms with E-state index in [0.29, 0.717) is 11.8 Å². The van der Waals surface area contributed by atoms with Gasteiger partial charge in [0.1, 0.15) is 0 Å². The van der Waals surface area contributed by atoms with Crippen molar-refractivity contribution in [3.05, 3.63) is 18.2 Å². The summed E-state index contributed by atoms with van der Waals surface area (Å²) in [5, 5.41) is 12.9. The Balaban J connectivity index is 2.57. The lowest BCUT2D eigenvalue weighted by Gasteiger charge is -2.15. The van der Waals surface area contributed by atoms with Crippen LogP contribution in [0.3, 0.4) is 0 Å². The maximum absolute atomic E-state index is 9.59. The standard InChI is InChI=1S/C12H19NO3/c1-9(6-7-15-2)13-10-4-5-12(16-3)11(14)8-10/h4-5,8-9,13-14H,6-7H2,1-3H3. The molecular formula is C12H19NO3. The highest BCUT2D eigenvalue weighted by molar-refractivity contribution is 5.54. The maximum Gasteiger partial charge on any atom is 0.160 e. The normalized spacial score (nSPS) is 12.2. The molecule has 0 aliphatic carbocycles. The van der Waals surface area contributed by atoms with E-state index in [0.717, 1.165) is 18.7 Å². The molecule has 1 rings (SSSR count). The van der Waals surface area contributed by atoms with Crippen molar-refractivity contribution in [2.24, 2.45) is 0 Å². The highest BCUT2D eigenvalue weighted by Crippen LogP contribution is 2.28. The van der Waals surface area contributed by atoms with Crippen molar-refractivity contribution in [3.8, 4) is 11.5 Å². The lowest BCUT2D eigenvalue weighted by Crippen LogP contribution is -2.16. The first-order chi connectivity index (χ1) is 7.67. The number of methoxy groups -OCH3 is 2. The second-order valence-electron chi connectivity index (χ2n) is 3.71. The Morgan fingerprint density at radius 3 is 2.69 bits per heavy atom. The van der Waals surface area contributed by atoms with E-state index in [-0.39, 0.29) is 5.75 Å². The number of phenolic OH excluding ortho intramolecular Hbond substituents is 1. The van der Waals surface area contributed by atoms with E-state index in [9.17, 15) is 5.11 Å². The van der Waals surface area contributed by atoms with E-state index in [1.54, 1.807) is 19.2 Å². The quantitative estimate of drug-likeness (QED) is 0.779. The number of rotatable bonds is 6. The summed E-state index contributed by atoms with van der Waals surface area (Å²) in [5.74, 6) is 0.626. The Kier molecular flexibility index (Phi) is 4.92. The molecule has 0 aromatic heterocycles. The SMILES string of the molecule is COCCC(C)Nc1ccc(OC)c(O)c1. The van der Waals surface area contributed by atoms with Crippen molar-refractivity contribution in [2.75, 3.05) is 26.1 Å². The van der Waals surface area contributed by atoms with E-state index in [2.05, 4.69) is 12.2 Å². The zero-order valence-electron chi connectivity index (χ0n) is 9.99. The highest BCUT2D eigenvalue weighted by atomic mass is 16.5. The van der Waals surface area contributed by atoms with Gasteiger partial charge in [-0.3, -0.25) is 0 Å². The van der Waals surface area contributed by atoms with Crippen LogP contribution in [-0.4, -0.2) is 32.0 Å². The zero-order chi connectivity index (χ0) is 12.0. The van der Waals surface area contributed by atoms with Gasteiger partial charge >= 0.3 is 0 Å². The topological polar surface area (TPSA) is 50.7 Å². The number of phenols is 1. The minimum absolute atomic E-state index is 0.145. The van der Waals surface area contributed by atoms with Gasteiger partial charge in [-0.05, 0) is 25.5 Å². The number of ether oxygens (including phenoxy) is 2. The number of hydrogen-bond donors (Lipinski definition) is 2. The summed E-state index contributed by atoms with van der Waals surface area (Å²) in [6.07, 6.45) is 0.920. The number of aromatic hydroxyl groups is 1. The Bertz CT molecular complexity index is 328. The second kappa shape index (κ2) is 6.23. The second-order valence-corrected chi connectivity index (χ2v) is 3.71. The molecule has 1 atom stereocenters. The summed E-state index contributed by atoms with van der Waals surface area (Å²) < 4.78 is 9.97. The lowest BCUT2D eigenvalue weighted by molar-refractivity contribution is 0.191. The molecule has 0 amide bonds. The van der Waals surface area contributed by atoms with Gasteiger partial charge < -0.3 is 19.9 Å². The number of benzene rings is 1. The number of nitrogens with one attached hydrogen (secondary N) is 1. The molecule has 4 nitrogen and oxygen atoms in total. The third kappa shape index (κ3) is 3.62. The maximum atomic E-state index is 9.59. The van der Waals surface area contributed by atoms with Crippen molar-refractivity contribution in [2.45, 2.75) is 19.4 Å². The molecular weight excluding hydrogens is 206 g/mol. The van der Waals surface area contributed by atoms with Gasteiger partial charge in [0.2, 0.25) is 0 Å². The fourth-order valence-corrected chi connectivity index (χ4v) is 1.43. The van der Waals surface area contributed by atoms with E-state index in [1.165, 1.54) is 7.11 Å². The number of hydrogen-bond acceptors (Lipinski definition) is 4. The zero-order valence-corrected chi connectivity index (χ0v) is 9.99. The van der Waals surface area contributed by atoms with E-state index in [4.69, 9.17) is 9.47 Å². The van der Waals surface area contributed by atoms with E-state index >= 15 is 0 Å². The van der Waals surface area contributed by atoms with Gasteiger partial charge in [-0.25, -0.2) is 0 Å². The third-order valence-corrected chi connectivity index (χ3v) is 2.35. The van der Waals surface area contributed by atoms with E-state index in [1.807, 2.05) is 6.07 Å². The summed E-state index contributed by atoms with van der Waals surface area (Å²) in [7, 11) is 3.22. The summed E-state index contributed by atoms with van der Waals surface area (Å²) in [6, 6.07) is 5.57. The molecule has 2 N–H and O–H groups in total.